The minimum atomic E-state index is -5.82. The Kier molecular flexibility index (Phi) is 43.6. The van der Waals surface area contributed by atoms with Crippen LogP contribution in [-0.2, 0) is 70.6 Å². The first kappa shape index (κ1) is 91.4. The molecule has 28 atom stereocenters. The second-order valence-electron chi connectivity index (χ2n) is 27.9. The third kappa shape index (κ3) is 30.2. The zero-order chi connectivity index (χ0) is 75.6. The third-order valence-electron chi connectivity index (χ3n) is 19.5. The van der Waals surface area contributed by atoms with Gasteiger partial charge in [-0.3, -0.25) is 18.6 Å². The first-order valence-corrected chi connectivity index (χ1v) is 39.0. The average molecular weight is 1510 g/mol. The lowest BCUT2D eigenvalue weighted by molar-refractivity contribution is -0.365. The Balaban J connectivity index is 1.28. The second kappa shape index (κ2) is 49.1. The van der Waals surface area contributed by atoms with Crippen molar-refractivity contribution in [2.75, 3.05) is 39.6 Å². The standard InChI is InChI=1S/C69H125O33P/c1-3-5-7-9-11-13-15-17-19-21-23-25-27-29-31-33-46(72)91-37-41(95-47(73)34-32-30-28-26-24-22-20-18-16-14-12-10-8-6-4-2)38-94-103(89,90)102-65-63(100-68-61(87)53(79)49(75)43(36-71)97-68)57(83)56(82)58(84)64(65)101-69-62(88)55(81)51(77)45(99-69)40-93-67-60(86)54(80)50(76)44(98-67)39-92-66-59(85)52(78)48(74)42(35-70)96-66/h17,19,41-45,48-71,74-88H,3-16,18,20-40H2,1-2H3,(H,89,90)/b19-17-/t41-,42?,43?,44?,45?,48+,49-,50+,51+,52?,53?,54?,55?,56+,57?,58?,59+,60+,61-,62+,63-,64?,65+,66-,67-,68-,69+/m1/s1. The SMILES string of the molecule is CCCCCCCC/C=C\CCCCCCCC(=O)OC[C@H](COP(=O)(O)O[C@@H]1C(O[C@@H]2OC(CO[C@@H]3OC(CO[C@@H]4OC(CO)[C@H](O)C(O)[C@@H]4O)[C@H](O)C(O)[C@@H]3O)[C@H](O)C(O)[C@@H]2O)C(O)[C@@H](O)C(O)[C@H]1O[C@H]1OC(CO)[C@@H](O)C(O)[C@H]1O)OC(=O)CCCCCCCCCCCCCCCCC. The van der Waals surface area contributed by atoms with Crippen molar-refractivity contribution >= 4 is 19.8 Å². The summed E-state index contributed by atoms with van der Waals surface area (Å²) in [4.78, 5) is 38.2. The third-order valence-corrected chi connectivity index (χ3v) is 20.5. The predicted molar refractivity (Wildman–Crippen MR) is 361 cm³/mol. The summed E-state index contributed by atoms with van der Waals surface area (Å²) in [5.41, 5.74) is 0. The van der Waals surface area contributed by atoms with Gasteiger partial charge in [-0.15, -0.1) is 0 Å². The first-order valence-electron chi connectivity index (χ1n) is 37.5. The van der Waals surface area contributed by atoms with Crippen molar-refractivity contribution in [1.29, 1.82) is 0 Å². The van der Waals surface area contributed by atoms with Crippen molar-refractivity contribution in [3.63, 3.8) is 0 Å². The monoisotopic (exact) mass is 1510 g/mol. The highest BCUT2D eigenvalue weighted by molar-refractivity contribution is 7.47. The second-order valence-corrected chi connectivity index (χ2v) is 29.3. The fourth-order valence-electron chi connectivity index (χ4n) is 13.0. The van der Waals surface area contributed by atoms with Crippen LogP contribution in [0.1, 0.15) is 206 Å². The molecule has 0 spiro atoms. The van der Waals surface area contributed by atoms with E-state index < -0.39 is 225 Å². The number of esters is 2. The average Bonchev–Trinajstić information content (AvgIpc) is 0.758. The molecule has 5 rings (SSSR count). The van der Waals surface area contributed by atoms with E-state index in [1.807, 2.05) is 0 Å². The van der Waals surface area contributed by atoms with E-state index >= 15 is 0 Å². The Morgan fingerprint density at radius 1 is 0.379 bits per heavy atom. The molecule has 0 bridgehead atoms. The molecule has 12 unspecified atom stereocenters. The van der Waals surface area contributed by atoms with Crippen LogP contribution < -0.4 is 0 Å². The van der Waals surface area contributed by atoms with Gasteiger partial charge in [0.05, 0.1) is 33.0 Å². The Morgan fingerprint density at radius 2 is 0.699 bits per heavy atom. The molecule has 4 saturated heterocycles. The molecule has 4 aliphatic heterocycles. The number of ether oxygens (including phenoxy) is 10. The van der Waals surface area contributed by atoms with Crippen molar-refractivity contribution < 1.29 is 162 Å². The normalized spacial score (nSPS) is 36.0. The van der Waals surface area contributed by atoms with E-state index in [0.29, 0.717) is 19.3 Å². The van der Waals surface area contributed by atoms with Crippen LogP contribution in [0.25, 0.3) is 0 Å². The molecule has 5 fully saturated rings. The highest BCUT2D eigenvalue weighted by atomic mass is 31.2. The summed E-state index contributed by atoms with van der Waals surface area (Å²) in [7, 11) is -5.82. The van der Waals surface area contributed by atoms with Gasteiger partial charge < -0.3 is 139 Å². The molecule has 0 aromatic rings. The Bertz CT molecular complexity index is 2350. The summed E-state index contributed by atoms with van der Waals surface area (Å²) in [6.07, 6.45) is -22.0. The van der Waals surface area contributed by atoms with Crippen LogP contribution in [0.3, 0.4) is 0 Å². The Morgan fingerprint density at radius 3 is 1.10 bits per heavy atom. The predicted octanol–water partition coefficient (Wildman–Crippen LogP) is 0.358. The number of rotatable bonds is 51. The number of carbonyl (C=O) groups excluding carboxylic acids is 2. The Hall–Kier alpha value is -2.21. The maximum atomic E-state index is 14.4. The van der Waals surface area contributed by atoms with Crippen LogP contribution in [0.4, 0.5) is 0 Å². The lowest BCUT2D eigenvalue weighted by Gasteiger charge is -2.49. The van der Waals surface area contributed by atoms with Gasteiger partial charge in [-0.2, -0.15) is 0 Å². The number of phosphoric acid groups is 1. The smallest absolute Gasteiger partial charge is 0.462 e. The maximum absolute atomic E-state index is 14.4. The quantitative estimate of drug-likeness (QED) is 0.0169. The molecule has 33 nitrogen and oxygen atoms in total. The molecule has 4 heterocycles. The van der Waals surface area contributed by atoms with Gasteiger partial charge in [0.15, 0.2) is 31.3 Å². The van der Waals surface area contributed by atoms with Gasteiger partial charge in [-0.1, -0.05) is 167 Å². The molecule has 604 valence electrons. The number of hydrogen-bond donors (Lipinski definition) is 18. The van der Waals surface area contributed by atoms with Crippen LogP contribution in [0.5, 0.6) is 0 Å². The zero-order valence-corrected chi connectivity index (χ0v) is 60.7. The number of aliphatic hydroxyl groups is 17. The summed E-state index contributed by atoms with van der Waals surface area (Å²) in [6.45, 7) is -0.902. The summed E-state index contributed by atoms with van der Waals surface area (Å²) >= 11 is 0. The maximum Gasteiger partial charge on any atom is 0.472 e. The van der Waals surface area contributed by atoms with Gasteiger partial charge in [0, 0.05) is 12.8 Å². The molecular weight excluding hydrogens is 1390 g/mol. The van der Waals surface area contributed by atoms with Crippen LogP contribution in [0.2, 0.25) is 0 Å². The molecule has 0 radical (unpaired) electrons. The van der Waals surface area contributed by atoms with Crippen molar-refractivity contribution in [3.8, 4) is 0 Å². The lowest BCUT2D eigenvalue weighted by atomic mass is 9.84. The van der Waals surface area contributed by atoms with Gasteiger partial charge in [0.1, 0.15) is 141 Å². The molecule has 1 saturated carbocycles. The highest BCUT2D eigenvalue weighted by Crippen LogP contribution is 2.49. The van der Waals surface area contributed by atoms with Crippen LogP contribution in [0.15, 0.2) is 12.2 Å². The molecule has 0 aromatic heterocycles. The summed E-state index contributed by atoms with van der Waals surface area (Å²) < 4.78 is 81.5. The van der Waals surface area contributed by atoms with E-state index in [4.69, 9.17) is 56.4 Å². The van der Waals surface area contributed by atoms with E-state index in [2.05, 4.69) is 26.0 Å². The van der Waals surface area contributed by atoms with Gasteiger partial charge in [-0.05, 0) is 38.5 Å². The number of phosphoric ester groups is 1. The molecule has 0 amide bonds. The van der Waals surface area contributed by atoms with Gasteiger partial charge in [-0.25, -0.2) is 4.57 Å². The molecule has 1 aliphatic carbocycles. The number of hydrogen-bond acceptors (Lipinski definition) is 32. The van der Waals surface area contributed by atoms with Gasteiger partial charge in [0.2, 0.25) is 0 Å². The van der Waals surface area contributed by atoms with Crippen molar-refractivity contribution in [2.24, 2.45) is 0 Å². The lowest BCUT2D eigenvalue weighted by Crippen LogP contribution is -2.69. The van der Waals surface area contributed by atoms with Crippen molar-refractivity contribution in [1.82, 2.24) is 0 Å². The van der Waals surface area contributed by atoms with E-state index in [-0.39, 0.29) is 12.8 Å². The van der Waals surface area contributed by atoms with E-state index in [1.165, 1.54) is 89.9 Å². The Labute approximate surface area is 603 Å². The number of allylic oxidation sites excluding steroid dienone is 2. The molecule has 18 N–H and O–H groups in total. The largest absolute Gasteiger partial charge is 0.472 e. The van der Waals surface area contributed by atoms with Crippen molar-refractivity contribution in [3.05, 3.63) is 12.2 Å². The van der Waals surface area contributed by atoms with Gasteiger partial charge in [0.25, 0.3) is 0 Å². The van der Waals surface area contributed by atoms with E-state index in [1.54, 1.807) is 0 Å². The summed E-state index contributed by atoms with van der Waals surface area (Å²) in [5.74, 6) is -1.45. The fraction of sp³-hybridized carbons (Fsp3) is 0.942. The zero-order valence-electron chi connectivity index (χ0n) is 59.8. The van der Waals surface area contributed by atoms with Crippen LogP contribution in [-0.4, -0.2) is 309 Å². The topological polar surface area (TPSA) is 526 Å². The highest BCUT2D eigenvalue weighted by Gasteiger charge is 2.59. The molecule has 5 aliphatic rings. The minimum Gasteiger partial charge on any atom is -0.462 e. The first-order chi connectivity index (χ1) is 49.3. The number of unbranched alkanes of at least 4 members (excludes halogenated alkanes) is 25. The van der Waals surface area contributed by atoms with E-state index in [0.717, 1.165) is 70.6 Å². The number of aliphatic hydroxyl groups excluding tert-OH is 17. The minimum absolute atomic E-state index is 0.0120. The fourth-order valence-corrected chi connectivity index (χ4v) is 14.0. The van der Waals surface area contributed by atoms with Crippen LogP contribution >= 0.6 is 7.82 Å². The van der Waals surface area contributed by atoms with E-state index in [9.17, 15) is 106 Å². The molecule has 34 heteroatoms. The summed E-state index contributed by atoms with van der Waals surface area (Å²) in [5, 5.41) is 184. The van der Waals surface area contributed by atoms with Crippen LogP contribution in [0, 0.1) is 0 Å². The summed E-state index contributed by atoms with van der Waals surface area (Å²) in [6, 6.07) is 0. The molecule has 103 heavy (non-hydrogen) atoms. The number of carbonyl (C=O) groups is 2. The van der Waals surface area contributed by atoms with Gasteiger partial charge >= 0.3 is 19.8 Å². The molecular formula is C69H125O33P. The molecule has 0 aromatic carbocycles. The van der Waals surface area contributed by atoms with Crippen molar-refractivity contribution in [2.45, 2.75) is 372 Å².